The van der Waals surface area contributed by atoms with Crippen LogP contribution in [0.15, 0.2) is 78.9 Å². The Morgan fingerprint density at radius 3 is 2.74 bits per heavy atom. The molecule has 5 nitrogen and oxygen atoms in total. The van der Waals surface area contributed by atoms with Crippen molar-refractivity contribution in [3.05, 3.63) is 90.0 Å². The highest BCUT2D eigenvalue weighted by molar-refractivity contribution is 5.96. The third kappa shape index (κ3) is 5.84. The highest BCUT2D eigenvalue weighted by Gasteiger charge is 2.30. The lowest BCUT2D eigenvalue weighted by molar-refractivity contribution is 0.0455. The molecule has 6 heteroatoms. The van der Waals surface area contributed by atoms with Crippen LogP contribution in [0.4, 0.5) is 4.39 Å². The maximum atomic E-state index is 12.6. The number of alkyl halides is 1. The molecule has 2 aromatic rings. The Hall–Kier alpha value is -3.35. The third-order valence-corrected chi connectivity index (χ3v) is 6.38. The van der Waals surface area contributed by atoms with Crippen molar-refractivity contribution in [2.75, 3.05) is 39.5 Å². The first-order valence-electron chi connectivity index (χ1n) is 11.9. The molecule has 2 aliphatic rings. The second kappa shape index (κ2) is 11.4. The maximum absolute atomic E-state index is 12.6. The number of ether oxygens (including phenoxy) is 2. The number of halogens is 1. The molecule has 0 aliphatic carbocycles. The summed E-state index contributed by atoms with van der Waals surface area (Å²) in [6, 6.07) is 12.1. The lowest BCUT2D eigenvalue weighted by Gasteiger charge is -2.37. The van der Waals surface area contributed by atoms with Crippen LogP contribution in [-0.2, 0) is 4.74 Å². The molecule has 35 heavy (non-hydrogen) atoms. The Labute approximate surface area is 206 Å². The van der Waals surface area contributed by atoms with Crippen LogP contribution in [0, 0.1) is 5.92 Å². The average molecular weight is 478 g/mol. The number of aromatic hydroxyl groups is 2. The van der Waals surface area contributed by atoms with E-state index >= 15 is 0 Å². The van der Waals surface area contributed by atoms with Gasteiger partial charge in [-0.25, -0.2) is 0 Å². The van der Waals surface area contributed by atoms with Crippen LogP contribution in [0.1, 0.15) is 18.1 Å². The largest absolute Gasteiger partial charge is 0.508 e. The van der Waals surface area contributed by atoms with Gasteiger partial charge >= 0.3 is 0 Å². The van der Waals surface area contributed by atoms with Crippen molar-refractivity contribution in [1.82, 2.24) is 4.90 Å². The number of benzene rings is 2. The molecule has 0 aromatic heterocycles. The van der Waals surface area contributed by atoms with Gasteiger partial charge in [-0.3, -0.25) is 4.39 Å². The van der Waals surface area contributed by atoms with E-state index < -0.39 is 6.10 Å². The van der Waals surface area contributed by atoms with Gasteiger partial charge in [0.25, 0.3) is 0 Å². The number of hydrogen-bond acceptors (Lipinski definition) is 5. The van der Waals surface area contributed by atoms with Crippen LogP contribution in [0.2, 0.25) is 0 Å². The van der Waals surface area contributed by atoms with Crippen LogP contribution in [0.5, 0.6) is 17.2 Å². The molecule has 2 aromatic carbocycles. The van der Waals surface area contributed by atoms with Gasteiger partial charge in [0, 0.05) is 36.7 Å². The summed E-state index contributed by atoms with van der Waals surface area (Å²) < 4.78 is 24.7. The molecule has 0 bridgehead atoms. The van der Waals surface area contributed by atoms with Crippen LogP contribution in [-0.4, -0.2) is 60.7 Å². The van der Waals surface area contributed by atoms with Crippen molar-refractivity contribution in [2.45, 2.75) is 13.0 Å². The summed E-state index contributed by atoms with van der Waals surface area (Å²) >= 11 is 0. The van der Waals surface area contributed by atoms with E-state index in [1.165, 1.54) is 0 Å². The average Bonchev–Trinajstić information content (AvgIpc) is 2.82. The minimum atomic E-state index is -0.443. The van der Waals surface area contributed by atoms with Gasteiger partial charge in [-0.1, -0.05) is 43.0 Å². The van der Waals surface area contributed by atoms with Crippen molar-refractivity contribution < 1.29 is 24.1 Å². The molecule has 2 aliphatic heterocycles. The summed E-state index contributed by atoms with van der Waals surface area (Å²) in [6.45, 7) is 9.08. The number of nitrogens with zero attached hydrogens (tertiary/aromatic N) is 1. The minimum Gasteiger partial charge on any atom is -0.508 e. The van der Waals surface area contributed by atoms with Gasteiger partial charge in [0.1, 0.15) is 23.4 Å². The van der Waals surface area contributed by atoms with E-state index in [1.807, 2.05) is 31.2 Å². The topological polar surface area (TPSA) is 62.2 Å². The number of phenolic OH excluding ortho intramolecular Hbond substituents is 2. The number of rotatable bonds is 10. The third-order valence-electron chi connectivity index (χ3n) is 6.38. The monoisotopic (exact) mass is 477 g/mol. The smallest absolute Gasteiger partial charge is 0.150 e. The molecular formula is C29H32FNO4. The lowest BCUT2D eigenvalue weighted by Crippen LogP contribution is -2.48. The van der Waals surface area contributed by atoms with Crippen molar-refractivity contribution in [3.63, 3.8) is 0 Å². The minimum absolute atomic E-state index is 0.165. The predicted molar refractivity (Wildman–Crippen MR) is 137 cm³/mol. The Morgan fingerprint density at radius 1 is 1.20 bits per heavy atom. The molecule has 1 fully saturated rings. The number of fused-ring (bicyclic) bond motifs is 1. The van der Waals surface area contributed by atoms with Gasteiger partial charge in [0.05, 0.1) is 19.9 Å². The van der Waals surface area contributed by atoms with Crippen LogP contribution in [0.25, 0.3) is 11.1 Å². The summed E-state index contributed by atoms with van der Waals surface area (Å²) in [5.41, 5.74) is 4.39. The first-order chi connectivity index (χ1) is 17.0. The van der Waals surface area contributed by atoms with Crippen molar-refractivity contribution >= 4 is 11.1 Å². The maximum Gasteiger partial charge on any atom is 0.150 e. The molecular weight excluding hydrogens is 445 g/mol. The van der Waals surface area contributed by atoms with E-state index in [0.29, 0.717) is 19.0 Å². The number of phenols is 2. The van der Waals surface area contributed by atoms with E-state index in [-0.39, 0.29) is 24.1 Å². The second-order valence-corrected chi connectivity index (χ2v) is 8.93. The summed E-state index contributed by atoms with van der Waals surface area (Å²) in [4.78, 5) is 2.19. The fourth-order valence-electron chi connectivity index (χ4n) is 4.57. The van der Waals surface area contributed by atoms with Crippen LogP contribution < -0.4 is 4.74 Å². The van der Waals surface area contributed by atoms with Gasteiger partial charge in [-0.2, -0.15) is 0 Å². The van der Waals surface area contributed by atoms with E-state index in [2.05, 4.69) is 11.5 Å². The summed E-state index contributed by atoms with van der Waals surface area (Å²) in [6.07, 6.45) is 7.09. The summed E-state index contributed by atoms with van der Waals surface area (Å²) in [7, 11) is 0. The zero-order valence-electron chi connectivity index (χ0n) is 20.0. The quantitative estimate of drug-likeness (QED) is 0.356. The standard InChI is InChI=1S/C29H32FNO4/c1-3-6-22(8-5-13-34-14-12-31-18-21(17-30)19-31)29-28(23-7-4-9-24(32)15-23)20(2)26-16-25(33)10-11-27(26)35-29/h3-11,15-16,21,29,32-33H,1,12-14,17-19H2,2H3/b8-5-,22-6+. The molecule has 0 amide bonds. The second-order valence-electron chi connectivity index (χ2n) is 8.93. The van der Waals surface area contributed by atoms with Gasteiger partial charge in [0.15, 0.2) is 0 Å². The first kappa shape index (κ1) is 24.8. The van der Waals surface area contributed by atoms with Crippen molar-refractivity contribution in [2.24, 2.45) is 5.92 Å². The lowest BCUT2D eigenvalue weighted by atomic mass is 9.85. The SMILES string of the molecule is C=C/C=C(\C=C/COCCN1CC(CF)C1)C1Oc2ccc(O)cc2C(C)=C1c1cccc(O)c1. The Kier molecular flexibility index (Phi) is 8.06. The Morgan fingerprint density at radius 2 is 2.00 bits per heavy atom. The first-order valence-corrected chi connectivity index (χ1v) is 11.9. The zero-order valence-corrected chi connectivity index (χ0v) is 20.0. The van der Waals surface area contributed by atoms with E-state index in [4.69, 9.17) is 9.47 Å². The Balaban J connectivity index is 1.53. The molecule has 2 heterocycles. The molecule has 0 radical (unpaired) electrons. The molecule has 1 saturated heterocycles. The summed E-state index contributed by atoms with van der Waals surface area (Å²) in [5.74, 6) is 1.19. The molecule has 184 valence electrons. The number of hydrogen-bond donors (Lipinski definition) is 2. The molecule has 0 spiro atoms. The number of allylic oxidation sites excluding steroid dienone is 3. The molecule has 2 N–H and O–H groups in total. The normalized spacial score (nSPS) is 18.9. The van der Waals surface area contributed by atoms with Gasteiger partial charge in [0.2, 0.25) is 0 Å². The fraction of sp³-hybridized carbons (Fsp3) is 0.310. The summed E-state index contributed by atoms with van der Waals surface area (Å²) in [5, 5.41) is 20.2. The van der Waals surface area contributed by atoms with Crippen LogP contribution >= 0.6 is 0 Å². The van der Waals surface area contributed by atoms with E-state index in [9.17, 15) is 14.6 Å². The highest BCUT2D eigenvalue weighted by atomic mass is 19.1. The molecule has 0 saturated carbocycles. The predicted octanol–water partition coefficient (Wildman–Crippen LogP) is 5.38. The highest BCUT2D eigenvalue weighted by Crippen LogP contribution is 2.44. The molecule has 4 rings (SSSR count). The Bertz CT molecular complexity index is 1150. The zero-order chi connectivity index (χ0) is 24.8. The van der Waals surface area contributed by atoms with Gasteiger partial charge in [-0.15, -0.1) is 0 Å². The molecule has 1 unspecified atom stereocenters. The van der Waals surface area contributed by atoms with Crippen LogP contribution in [0.3, 0.4) is 0 Å². The van der Waals surface area contributed by atoms with E-state index in [1.54, 1.807) is 42.5 Å². The van der Waals surface area contributed by atoms with Crippen molar-refractivity contribution in [1.29, 1.82) is 0 Å². The fourth-order valence-corrected chi connectivity index (χ4v) is 4.57. The van der Waals surface area contributed by atoms with Gasteiger partial charge in [-0.05, 0) is 54.0 Å². The van der Waals surface area contributed by atoms with E-state index in [0.717, 1.165) is 47.5 Å². The van der Waals surface area contributed by atoms with Gasteiger partial charge < -0.3 is 24.6 Å². The van der Waals surface area contributed by atoms with Crippen molar-refractivity contribution in [3.8, 4) is 17.2 Å². The number of likely N-dealkylation sites (tertiary alicyclic amines) is 1. The molecule has 1 atom stereocenters.